The van der Waals surface area contributed by atoms with Crippen LogP contribution in [0.1, 0.15) is 158 Å². The lowest BCUT2D eigenvalue weighted by Crippen LogP contribution is -2.70. The van der Waals surface area contributed by atoms with E-state index in [9.17, 15) is 14.7 Å². The maximum absolute atomic E-state index is 13.7. The number of nitrogens with two attached hydrogens (primary N) is 2. The van der Waals surface area contributed by atoms with Gasteiger partial charge in [-0.05, 0) is 122 Å². The van der Waals surface area contributed by atoms with Crippen molar-refractivity contribution in [2.75, 3.05) is 19.8 Å². The first-order chi connectivity index (χ1) is 26.0. The SMILES string of the molecule is CC(C)[C@@H](C)[C@@]1(C)CC[C@]2(C)[C@H]3CC[C@@H]4[C@@]5(C)COC[C@@]4(C3=CC[C@@]2(C)[C@@H]1C(=O)O)[C@@H](OC[C@](C)(N)C(C)(C)C)[C@H](n1ncnc1C1CCC(C(N)=O)CC1)C5. The van der Waals surface area contributed by atoms with Crippen molar-refractivity contribution in [2.45, 2.75) is 164 Å². The van der Waals surface area contributed by atoms with Crippen molar-refractivity contribution in [2.24, 2.45) is 79.5 Å². The number of hydrogen-bond acceptors (Lipinski definition) is 7. The summed E-state index contributed by atoms with van der Waals surface area (Å²) in [7, 11) is 0. The highest BCUT2D eigenvalue weighted by atomic mass is 16.5. The predicted molar refractivity (Wildman–Crippen MR) is 218 cm³/mol. The van der Waals surface area contributed by atoms with Crippen LogP contribution in [-0.2, 0) is 19.1 Å². The second-order valence-electron chi connectivity index (χ2n) is 22.6. The van der Waals surface area contributed by atoms with Crippen LogP contribution < -0.4 is 11.5 Å². The van der Waals surface area contributed by atoms with Gasteiger partial charge in [-0.25, -0.2) is 9.67 Å². The summed E-state index contributed by atoms with van der Waals surface area (Å²) >= 11 is 0. The lowest BCUT2D eigenvalue weighted by molar-refractivity contribution is -0.255. The molecule has 1 aliphatic heterocycles. The molecule has 5 N–H and O–H groups in total. The molecular formula is C46H75N5O5. The third-order valence-electron chi connectivity index (χ3n) is 18.7. The number of allylic oxidation sites excluding steroid dienone is 1. The van der Waals surface area contributed by atoms with Gasteiger partial charge in [0.25, 0.3) is 0 Å². The van der Waals surface area contributed by atoms with E-state index < -0.39 is 28.3 Å². The number of hydrogen-bond donors (Lipinski definition) is 3. The van der Waals surface area contributed by atoms with Gasteiger partial charge in [0.2, 0.25) is 5.91 Å². The molecule has 7 rings (SSSR count). The van der Waals surface area contributed by atoms with E-state index in [2.05, 4.69) is 86.9 Å². The fourth-order valence-electron chi connectivity index (χ4n) is 14.0. The van der Waals surface area contributed by atoms with E-state index in [0.717, 1.165) is 70.0 Å². The number of carboxylic acid groups (broad SMARTS) is 1. The molecule has 2 bridgehead atoms. The van der Waals surface area contributed by atoms with Gasteiger partial charge in [0.15, 0.2) is 0 Å². The molecule has 2 heterocycles. The number of carboxylic acids is 1. The summed E-state index contributed by atoms with van der Waals surface area (Å²) in [6, 6.07) is -0.101. The summed E-state index contributed by atoms with van der Waals surface area (Å²) in [5.41, 5.74) is 12.0. The number of rotatable bonds is 9. The molecule has 5 aliphatic carbocycles. The largest absolute Gasteiger partial charge is 0.481 e. The van der Waals surface area contributed by atoms with Crippen molar-refractivity contribution >= 4 is 11.9 Å². The first-order valence-electron chi connectivity index (χ1n) is 22.1. The molecule has 0 unspecified atom stereocenters. The highest BCUT2D eigenvalue weighted by Crippen LogP contribution is 2.75. The Hall–Kier alpha value is -2.30. The summed E-state index contributed by atoms with van der Waals surface area (Å²) in [6.45, 7) is 26.6. The monoisotopic (exact) mass is 778 g/mol. The minimum atomic E-state index is -0.641. The third-order valence-corrected chi connectivity index (χ3v) is 18.7. The first kappa shape index (κ1) is 41.8. The lowest BCUT2D eigenvalue weighted by atomic mass is 9.34. The Labute approximate surface area is 337 Å². The molecule has 10 nitrogen and oxygen atoms in total. The molecule has 1 aromatic rings. The summed E-state index contributed by atoms with van der Waals surface area (Å²) in [4.78, 5) is 30.8. The average Bonchev–Trinajstić information content (AvgIpc) is 3.60. The molecule has 0 radical (unpaired) electrons. The number of aliphatic carboxylic acids is 1. The molecule has 12 atom stereocenters. The standard InChI is InChI=1S/C46H75N5O5/c1-27(2)28(3)42(8)20-21-43(9)31-16-17-34-41(7)22-33(51-38(49-26-50-51)30-14-12-29(13-15-30)37(47)52)36(56-24-45(11,48)40(4,5)6)46(34,25-55-23-41)32(31)18-19-44(43,10)35(42)39(53)54/h18,26-31,33-36H,12-17,19-25,48H2,1-11H3,(H2,47,52)(H,53,54)/t28-,29?,30?,31+,33-,34-,35-,36+,41-,42-,43-,44+,45+,46+/m1/s1. The fraction of sp³-hybridized carbons (Fsp3) is 0.870. The molecule has 56 heavy (non-hydrogen) atoms. The summed E-state index contributed by atoms with van der Waals surface area (Å²) in [5, 5.41) is 16.3. The van der Waals surface area contributed by atoms with Crippen LogP contribution in [0.2, 0.25) is 0 Å². The normalized spacial score (nSPS) is 44.1. The van der Waals surface area contributed by atoms with Gasteiger partial charge >= 0.3 is 5.97 Å². The Morgan fingerprint density at radius 3 is 2.29 bits per heavy atom. The highest BCUT2D eigenvalue weighted by Gasteiger charge is 2.73. The van der Waals surface area contributed by atoms with Gasteiger partial charge in [0.1, 0.15) is 12.2 Å². The van der Waals surface area contributed by atoms with Crippen molar-refractivity contribution in [1.29, 1.82) is 0 Å². The van der Waals surface area contributed by atoms with Crippen LogP contribution in [0.15, 0.2) is 18.0 Å². The van der Waals surface area contributed by atoms with E-state index in [-0.39, 0.29) is 63.4 Å². The van der Waals surface area contributed by atoms with Crippen LogP contribution in [-0.4, -0.2) is 63.2 Å². The van der Waals surface area contributed by atoms with Gasteiger partial charge in [-0.3, -0.25) is 9.59 Å². The molecule has 1 saturated heterocycles. The van der Waals surface area contributed by atoms with Crippen molar-refractivity contribution in [1.82, 2.24) is 14.8 Å². The van der Waals surface area contributed by atoms with E-state index in [4.69, 9.17) is 31.0 Å². The molecule has 0 aromatic carbocycles. The van der Waals surface area contributed by atoms with Crippen LogP contribution >= 0.6 is 0 Å². The first-order valence-corrected chi connectivity index (χ1v) is 22.1. The van der Waals surface area contributed by atoms with Gasteiger partial charge in [-0.2, -0.15) is 5.10 Å². The number of primary amides is 1. The number of ether oxygens (including phenoxy) is 2. The summed E-state index contributed by atoms with van der Waals surface area (Å²) in [5.74, 6) is 1.01. The average molecular weight is 778 g/mol. The van der Waals surface area contributed by atoms with Gasteiger partial charge in [-0.15, -0.1) is 0 Å². The Kier molecular flexibility index (Phi) is 10.4. The van der Waals surface area contributed by atoms with E-state index in [1.165, 1.54) is 5.57 Å². The predicted octanol–water partition coefficient (Wildman–Crippen LogP) is 8.32. The number of carbonyl (C=O) groups is 2. The Balaban J connectivity index is 1.37. The minimum absolute atomic E-state index is 0.0838. The van der Waals surface area contributed by atoms with Crippen molar-refractivity contribution in [3.8, 4) is 0 Å². The number of nitrogens with zero attached hydrogens (tertiary/aromatic N) is 3. The Morgan fingerprint density at radius 1 is 1.00 bits per heavy atom. The molecule has 5 fully saturated rings. The topological polar surface area (TPSA) is 156 Å². The number of aromatic nitrogens is 3. The minimum Gasteiger partial charge on any atom is -0.481 e. The molecule has 6 aliphatic rings. The zero-order chi connectivity index (χ0) is 41.0. The van der Waals surface area contributed by atoms with Crippen LogP contribution in [0, 0.1) is 68.0 Å². The van der Waals surface area contributed by atoms with Crippen LogP contribution in [0.3, 0.4) is 0 Å². The maximum Gasteiger partial charge on any atom is 0.307 e. The quantitative estimate of drug-likeness (QED) is 0.212. The Bertz CT molecular complexity index is 1710. The van der Waals surface area contributed by atoms with Crippen molar-refractivity contribution < 1.29 is 24.2 Å². The van der Waals surface area contributed by atoms with Gasteiger partial charge in [0.05, 0.1) is 37.9 Å². The molecule has 4 saturated carbocycles. The number of amides is 1. The summed E-state index contributed by atoms with van der Waals surface area (Å²) in [6.07, 6.45) is 12.8. The van der Waals surface area contributed by atoms with Crippen molar-refractivity contribution in [3.63, 3.8) is 0 Å². The van der Waals surface area contributed by atoms with Gasteiger partial charge < -0.3 is 26.0 Å². The van der Waals surface area contributed by atoms with E-state index >= 15 is 0 Å². The van der Waals surface area contributed by atoms with E-state index in [1.807, 2.05) is 0 Å². The summed E-state index contributed by atoms with van der Waals surface area (Å²) < 4.78 is 16.5. The van der Waals surface area contributed by atoms with Crippen LogP contribution in [0.25, 0.3) is 0 Å². The second-order valence-corrected chi connectivity index (χ2v) is 22.6. The van der Waals surface area contributed by atoms with E-state index in [1.54, 1.807) is 6.33 Å². The van der Waals surface area contributed by atoms with Crippen LogP contribution in [0.4, 0.5) is 0 Å². The molecular weight excluding hydrogens is 703 g/mol. The van der Waals surface area contributed by atoms with Gasteiger partial charge in [-0.1, -0.05) is 80.9 Å². The Morgan fingerprint density at radius 2 is 1.68 bits per heavy atom. The molecule has 0 spiro atoms. The molecule has 314 valence electrons. The van der Waals surface area contributed by atoms with Gasteiger partial charge in [0, 0.05) is 22.8 Å². The lowest BCUT2D eigenvalue weighted by Gasteiger charge is -2.71. The number of carbonyl (C=O) groups excluding carboxylic acids is 1. The maximum atomic E-state index is 13.7. The third kappa shape index (κ3) is 6.01. The molecule has 1 amide bonds. The fourth-order valence-corrected chi connectivity index (χ4v) is 14.0. The number of fused-ring (bicyclic) bond motifs is 3. The van der Waals surface area contributed by atoms with Crippen molar-refractivity contribution in [3.05, 3.63) is 23.8 Å². The smallest absolute Gasteiger partial charge is 0.307 e. The zero-order valence-corrected chi connectivity index (χ0v) is 36.6. The molecule has 10 heteroatoms. The second kappa shape index (κ2) is 13.9. The van der Waals surface area contributed by atoms with E-state index in [0.29, 0.717) is 31.7 Å². The van der Waals surface area contributed by atoms with Crippen LogP contribution in [0.5, 0.6) is 0 Å². The zero-order valence-electron chi connectivity index (χ0n) is 36.6. The highest BCUT2D eigenvalue weighted by molar-refractivity contribution is 5.76. The molecule has 1 aromatic heterocycles.